The molecule has 5 rings (SSSR count). The predicted molar refractivity (Wildman–Crippen MR) is 125 cm³/mol. The number of fused-ring (bicyclic) bond motifs is 1. The van der Waals surface area contributed by atoms with Gasteiger partial charge < -0.3 is 4.74 Å². The lowest BCUT2D eigenvalue weighted by molar-refractivity contribution is -0.132. The Morgan fingerprint density at radius 3 is 1.58 bits per heavy atom. The maximum Gasteiger partial charge on any atom is 0.308 e. The van der Waals surface area contributed by atoms with Gasteiger partial charge >= 0.3 is 5.97 Å². The van der Waals surface area contributed by atoms with E-state index in [4.69, 9.17) is 4.74 Å². The molecule has 0 spiro atoms. The highest BCUT2D eigenvalue weighted by Crippen LogP contribution is 2.50. The van der Waals surface area contributed by atoms with E-state index in [0.717, 1.165) is 11.1 Å². The summed E-state index contributed by atoms with van der Waals surface area (Å²) in [7, 11) is 0. The van der Waals surface area contributed by atoms with Crippen molar-refractivity contribution in [2.45, 2.75) is 18.8 Å². The first-order chi connectivity index (χ1) is 16.0. The van der Waals surface area contributed by atoms with Gasteiger partial charge in [-0.3, -0.25) is 14.4 Å². The highest BCUT2D eigenvalue weighted by molar-refractivity contribution is 6.23. The zero-order chi connectivity index (χ0) is 22.9. The normalized spacial score (nSPS) is 24.0. The highest BCUT2D eigenvalue weighted by atomic mass is 16.5. The molecule has 1 aliphatic carbocycles. The fourth-order valence-electron chi connectivity index (χ4n) is 5.02. The van der Waals surface area contributed by atoms with Crippen LogP contribution in [0.1, 0.15) is 29.9 Å². The van der Waals surface area contributed by atoms with Gasteiger partial charge in [-0.2, -0.15) is 0 Å². The molecule has 4 atom stereocenters. The fourth-order valence-corrected chi connectivity index (χ4v) is 5.02. The minimum absolute atomic E-state index is 0.182. The van der Waals surface area contributed by atoms with Crippen molar-refractivity contribution in [2.24, 2.45) is 11.8 Å². The zero-order valence-corrected chi connectivity index (χ0v) is 18.1. The lowest BCUT2D eigenvalue weighted by Gasteiger charge is -2.32. The van der Waals surface area contributed by atoms with E-state index in [1.54, 1.807) is 24.3 Å². The van der Waals surface area contributed by atoms with Crippen molar-refractivity contribution in [3.8, 4) is 5.75 Å². The summed E-state index contributed by atoms with van der Waals surface area (Å²) in [6.07, 6.45) is 4.15. The standard InChI is InChI=1S/C28H23NO4/c1-18(30)33-22-14-12-21(13-15-22)29-27(31)25-23(19-8-4-2-5-9-19)16-17-24(26(25)28(29)32)20-10-6-3-7-11-20/h2-17,23-26H,1H3/t23-,24-,25-,26+/m1/s1. The topological polar surface area (TPSA) is 63.7 Å². The molecular formula is C28H23NO4. The van der Waals surface area contributed by atoms with Gasteiger partial charge in [0.25, 0.3) is 0 Å². The van der Waals surface area contributed by atoms with Crippen LogP contribution >= 0.6 is 0 Å². The molecule has 0 aromatic heterocycles. The number of hydrogen-bond donors (Lipinski definition) is 0. The van der Waals surface area contributed by atoms with Crippen LogP contribution in [0.15, 0.2) is 97.1 Å². The van der Waals surface area contributed by atoms with Crippen molar-refractivity contribution in [3.63, 3.8) is 0 Å². The van der Waals surface area contributed by atoms with Crippen molar-refractivity contribution in [1.29, 1.82) is 0 Å². The van der Waals surface area contributed by atoms with Crippen LogP contribution in [-0.2, 0) is 14.4 Å². The monoisotopic (exact) mass is 437 g/mol. The summed E-state index contributed by atoms with van der Waals surface area (Å²) in [5.74, 6) is -1.82. The highest BCUT2D eigenvalue weighted by Gasteiger charge is 2.55. The van der Waals surface area contributed by atoms with Crippen LogP contribution in [-0.4, -0.2) is 17.8 Å². The smallest absolute Gasteiger partial charge is 0.308 e. The molecule has 33 heavy (non-hydrogen) atoms. The van der Waals surface area contributed by atoms with Gasteiger partial charge in [0.1, 0.15) is 5.75 Å². The average molecular weight is 437 g/mol. The van der Waals surface area contributed by atoms with Gasteiger partial charge in [0.2, 0.25) is 11.8 Å². The summed E-state index contributed by atoms with van der Waals surface area (Å²) >= 11 is 0. The second kappa shape index (κ2) is 8.51. The molecule has 164 valence electrons. The summed E-state index contributed by atoms with van der Waals surface area (Å²) in [5.41, 5.74) is 2.51. The minimum atomic E-state index is -0.497. The number of benzene rings is 3. The molecule has 1 fully saturated rings. The largest absolute Gasteiger partial charge is 0.427 e. The summed E-state index contributed by atoms with van der Waals surface area (Å²) in [6, 6.07) is 26.2. The molecule has 5 heteroatoms. The van der Waals surface area contributed by atoms with Gasteiger partial charge in [-0.25, -0.2) is 4.90 Å². The number of imide groups is 1. The molecule has 5 nitrogen and oxygen atoms in total. The molecule has 1 heterocycles. The van der Waals surface area contributed by atoms with Crippen molar-refractivity contribution in [2.75, 3.05) is 4.90 Å². The maximum absolute atomic E-state index is 13.8. The Kier molecular flexibility index (Phi) is 5.38. The second-order valence-electron chi connectivity index (χ2n) is 8.41. The number of amides is 2. The molecule has 0 bridgehead atoms. The van der Waals surface area contributed by atoms with Crippen molar-refractivity contribution in [1.82, 2.24) is 0 Å². The Hall–Kier alpha value is -3.99. The molecule has 1 saturated heterocycles. The van der Waals surface area contributed by atoms with E-state index in [1.165, 1.54) is 11.8 Å². The van der Waals surface area contributed by atoms with Gasteiger partial charge in [0.15, 0.2) is 0 Å². The molecule has 0 N–H and O–H groups in total. The number of hydrogen-bond acceptors (Lipinski definition) is 4. The number of carbonyl (C=O) groups is 3. The quantitative estimate of drug-likeness (QED) is 0.253. The Balaban J connectivity index is 1.56. The van der Waals surface area contributed by atoms with Crippen molar-refractivity contribution in [3.05, 3.63) is 108 Å². The number of esters is 1. The third-order valence-corrected chi connectivity index (χ3v) is 6.42. The molecule has 0 unspecified atom stereocenters. The zero-order valence-electron chi connectivity index (χ0n) is 18.1. The van der Waals surface area contributed by atoms with E-state index in [2.05, 4.69) is 12.2 Å². The number of carbonyl (C=O) groups excluding carboxylic acids is 3. The number of allylic oxidation sites excluding steroid dienone is 2. The van der Waals surface area contributed by atoms with E-state index in [-0.39, 0.29) is 23.7 Å². The fraction of sp³-hybridized carbons (Fsp3) is 0.179. The predicted octanol–water partition coefficient (Wildman–Crippen LogP) is 4.85. The van der Waals surface area contributed by atoms with Crippen molar-refractivity contribution < 1.29 is 19.1 Å². The van der Waals surface area contributed by atoms with Crippen LogP contribution in [0.3, 0.4) is 0 Å². The molecule has 0 radical (unpaired) electrons. The van der Waals surface area contributed by atoms with E-state index in [1.807, 2.05) is 60.7 Å². The van der Waals surface area contributed by atoms with Crippen LogP contribution < -0.4 is 9.64 Å². The molecule has 1 aliphatic heterocycles. The third-order valence-electron chi connectivity index (χ3n) is 6.42. The minimum Gasteiger partial charge on any atom is -0.427 e. The SMILES string of the molecule is CC(=O)Oc1ccc(N2C(=O)[C@@H]3[C@H](C2=O)[C@@H](c2ccccc2)C=C[C@@H]3c2ccccc2)cc1. The number of nitrogens with zero attached hydrogens (tertiary/aromatic N) is 1. The van der Waals surface area contributed by atoms with Gasteiger partial charge in [-0.05, 0) is 35.4 Å². The number of rotatable bonds is 4. The third kappa shape index (κ3) is 3.76. The first-order valence-corrected chi connectivity index (χ1v) is 11.0. The second-order valence-corrected chi connectivity index (χ2v) is 8.41. The number of anilines is 1. The number of ether oxygens (including phenoxy) is 1. The van der Waals surface area contributed by atoms with Crippen LogP contribution in [0.2, 0.25) is 0 Å². The molecule has 0 saturated carbocycles. The summed E-state index contributed by atoms with van der Waals surface area (Å²) in [5, 5.41) is 0. The van der Waals surface area contributed by atoms with Gasteiger partial charge in [0, 0.05) is 18.8 Å². The van der Waals surface area contributed by atoms with Crippen LogP contribution in [0.4, 0.5) is 5.69 Å². The average Bonchev–Trinajstić information content (AvgIpc) is 3.10. The van der Waals surface area contributed by atoms with Crippen molar-refractivity contribution >= 4 is 23.5 Å². The Labute approximate surface area is 192 Å². The first kappa shape index (κ1) is 20.9. The Morgan fingerprint density at radius 1 is 0.697 bits per heavy atom. The Bertz CT molecular complexity index is 1150. The van der Waals surface area contributed by atoms with E-state index in [0.29, 0.717) is 11.4 Å². The van der Waals surface area contributed by atoms with E-state index in [9.17, 15) is 14.4 Å². The molecular weight excluding hydrogens is 414 g/mol. The van der Waals surface area contributed by atoms with Crippen LogP contribution in [0.25, 0.3) is 0 Å². The van der Waals surface area contributed by atoms with Gasteiger partial charge in [-0.1, -0.05) is 72.8 Å². The summed E-state index contributed by atoms with van der Waals surface area (Å²) < 4.78 is 5.09. The van der Waals surface area contributed by atoms with Crippen LogP contribution in [0, 0.1) is 11.8 Å². The lowest BCUT2D eigenvalue weighted by atomic mass is 9.68. The summed E-state index contributed by atoms with van der Waals surface area (Å²) in [6.45, 7) is 1.33. The molecule has 3 aromatic rings. The van der Waals surface area contributed by atoms with E-state index < -0.39 is 17.8 Å². The lowest BCUT2D eigenvalue weighted by Crippen LogP contribution is -2.31. The first-order valence-electron chi connectivity index (χ1n) is 11.0. The van der Waals surface area contributed by atoms with Gasteiger partial charge in [-0.15, -0.1) is 0 Å². The molecule has 3 aromatic carbocycles. The van der Waals surface area contributed by atoms with Gasteiger partial charge in [0.05, 0.1) is 17.5 Å². The molecule has 2 amide bonds. The van der Waals surface area contributed by atoms with E-state index >= 15 is 0 Å². The Morgan fingerprint density at radius 2 is 1.15 bits per heavy atom. The molecule has 2 aliphatic rings. The maximum atomic E-state index is 13.8. The summed E-state index contributed by atoms with van der Waals surface area (Å²) in [4.78, 5) is 40.0. The van der Waals surface area contributed by atoms with Crippen LogP contribution in [0.5, 0.6) is 5.75 Å².